The van der Waals surface area contributed by atoms with Gasteiger partial charge in [-0.05, 0) is 19.3 Å². The largest absolute Gasteiger partial charge is 0.396 e. The summed E-state index contributed by atoms with van der Waals surface area (Å²) >= 11 is 0. The maximum absolute atomic E-state index is 8.59. The van der Waals surface area contributed by atoms with E-state index in [0.717, 1.165) is 6.42 Å². The zero-order chi connectivity index (χ0) is 12.6. The number of aliphatic hydroxyl groups excluding tert-OH is 1. The highest BCUT2D eigenvalue weighted by molar-refractivity contribution is 4.80. The van der Waals surface area contributed by atoms with Gasteiger partial charge in [0.2, 0.25) is 0 Å². The lowest BCUT2D eigenvalue weighted by Crippen LogP contribution is -1.81. The van der Waals surface area contributed by atoms with Gasteiger partial charge < -0.3 is 5.11 Å². The average molecular weight is 240 g/mol. The van der Waals surface area contributed by atoms with Gasteiger partial charge in [-0.3, -0.25) is 0 Å². The first kappa shape index (κ1) is 16.7. The highest BCUT2D eigenvalue weighted by atomic mass is 16.2. The van der Waals surface area contributed by atoms with Crippen LogP contribution in [-0.4, -0.2) is 11.7 Å². The quantitative estimate of drug-likeness (QED) is 0.345. The van der Waals surface area contributed by atoms with Gasteiger partial charge in [0, 0.05) is 6.61 Å². The van der Waals surface area contributed by atoms with Crippen molar-refractivity contribution in [2.75, 3.05) is 6.61 Å². The van der Waals surface area contributed by atoms with Crippen molar-refractivity contribution in [3.63, 3.8) is 0 Å². The third-order valence-corrected chi connectivity index (χ3v) is 3.19. The Hall–Kier alpha value is -0.300. The van der Waals surface area contributed by atoms with E-state index in [0.29, 0.717) is 0 Å². The van der Waals surface area contributed by atoms with Crippen molar-refractivity contribution >= 4 is 0 Å². The van der Waals surface area contributed by atoms with Gasteiger partial charge >= 0.3 is 0 Å². The fraction of sp³-hybridized carbons (Fsp3) is 0.875. The van der Waals surface area contributed by atoms with Gasteiger partial charge in [0.05, 0.1) is 0 Å². The molecular formula is C16H32O. The fourth-order valence-corrected chi connectivity index (χ4v) is 2.06. The van der Waals surface area contributed by atoms with Crippen molar-refractivity contribution in [3.8, 4) is 0 Å². The van der Waals surface area contributed by atoms with Crippen molar-refractivity contribution in [1.29, 1.82) is 0 Å². The molecule has 0 radical (unpaired) electrons. The Morgan fingerprint density at radius 1 is 0.647 bits per heavy atom. The van der Waals surface area contributed by atoms with Crippen LogP contribution in [0, 0.1) is 0 Å². The van der Waals surface area contributed by atoms with Crippen LogP contribution in [0.2, 0.25) is 0 Å². The molecule has 0 unspecified atom stereocenters. The van der Waals surface area contributed by atoms with Gasteiger partial charge in [0.15, 0.2) is 0 Å². The highest BCUT2D eigenvalue weighted by Gasteiger charge is 1.91. The fourth-order valence-electron chi connectivity index (χ4n) is 2.06. The normalized spacial score (nSPS) is 11.4. The van der Waals surface area contributed by atoms with Gasteiger partial charge in [-0.1, -0.05) is 76.9 Å². The molecule has 0 aromatic heterocycles. The van der Waals surface area contributed by atoms with Crippen molar-refractivity contribution in [3.05, 3.63) is 12.2 Å². The molecule has 0 bridgehead atoms. The Morgan fingerprint density at radius 2 is 1.12 bits per heavy atom. The molecule has 0 aliphatic rings. The van der Waals surface area contributed by atoms with E-state index in [-0.39, 0.29) is 6.61 Å². The molecule has 1 N–H and O–H groups in total. The minimum absolute atomic E-state index is 0.286. The Bertz CT molecular complexity index is 152. The average Bonchev–Trinajstić information content (AvgIpc) is 2.35. The Kier molecular flexibility index (Phi) is 15.4. The second kappa shape index (κ2) is 15.7. The van der Waals surface area contributed by atoms with E-state index >= 15 is 0 Å². The molecule has 0 rings (SSSR count). The molecule has 0 aromatic carbocycles. The topological polar surface area (TPSA) is 20.2 Å². The van der Waals surface area contributed by atoms with Gasteiger partial charge in [-0.15, -0.1) is 0 Å². The van der Waals surface area contributed by atoms with Crippen LogP contribution in [0.25, 0.3) is 0 Å². The second-order valence-corrected chi connectivity index (χ2v) is 4.95. The van der Waals surface area contributed by atoms with E-state index in [1.807, 2.05) is 0 Å². The minimum Gasteiger partial charge on any atom is -0.396 e. The van der Waals surface area contributed by atoms with Crippen LogP contribution in [0.15, 0.2) is 12.2 Å². The van der Waals surface area contributed by atoms with Crippen LogP contribution in [0.3, 0.4) is 0 Å². The lowest BCUT2D eigenvalue weighted by Gasteiger charge is -2.01. The first-order chi connectivity index (χ1) is 8.41. The van der Waals surface area contributed by atoms with E-state index < -0.39 is 0 Å². The molecule has 102 valence electrons. The Labute approximate surface area is 108 Å². The van der Waals surface area contributed by atoms with Gasteiger partial charge in [0.1, 0.15) is 0 Å². The Balaban J connectivity index is 2.94. The number of allylic oxidation sites excluding steroid dienone is 1. The Morgan fingerprint density at radius 3 is 1.65 bits per heavy atom. The van der Waals surface area contributed by atoms with Gasteiger partial charge in [0.25, 0.3) is 0 Å². The smallest absolute Gasteiger partial charge is 0.0465 e. The van der Waals surface area contributed by atoms with E-state index in [2.05, 4.69) is 19.1 Å². The standard InChI is InChI=1S/C16H32O/c1-2-3-4-5-6-7-8-9-10-11-12-13-14-15-16-17/h13-14,17H,2-12,15-16H2,1H3. The van der Waals surface area contributed by atoms with E-state index in [1.54, 1.807) is 0 Å². The molecule has 0 aliphatic carbocycles. The lowest BCUT2D eigenvalue weighted by molar-refractivity contribution is 0.302. The highest BCUT2D eigenvalue weighted by Crippen LogP contribution is 2.11. The third kappa shape index (κ3) is 15.7. The number of unbranched alkanes of at least 4 members (excludes halogenated alkanes) is 10. The van der Waals surface area contributed by atoms with Gasteiger partial charge in [-0.25, -0.2) is 0 Å². The van der Waals surface area contributed by atoms with Crippen LogP contribution in [0.1, 0.15) is 84.0 Å². The summed E-state index contributed by atoms with van der Waals surface area (Å²) in [6, 6.07) is 0. The summed E-state index contributed by atoms with van der Waals surface area (Å²) in [6.45, 7) is 2.56. The summed E-state index contributed by atoms with van der Waals surface area (Å²) < 4.78 is 0. The summed E-state index contributed by atoms with van der Waals surface area (Å²) in [6.07, 6.45) is 20.3. The maximum Gasteiger partial charge on any atom is 0.0465 e. The minimum atomic E-state index is 0.286. The molecule has 0 saturated heterocycles. The first-order valence-corrected chi connectivity index (χ1v) is 7.67. The summed E-state index contributed by atoms with van der Waals surface area (Å²) in [4.78, 5) is 0. The number of rotatable bonds is 13. The molecule has 0 aromatic rings. The third-order valence-electron chi connectivity index (χ3n) is 3.19. The molecule has 0 aliphatic heterocycles. The zero-order valence-electron chi connectivity index (χ0n) is 11.8. The molecule has 1 nitrogen and oxygen atoms in total. The molecule has 0 fully saturated rings. The summed E-state index contributed by atoms with van der Waals surface area (Å²) in [5.41, 5.74) is 0. The number of hydrogen-bond acceptors (Lipinski definition) is 1. The van der Waals surface area contributed by atoms with Crippen molar-refractivity contribution in [1.82, 2.24) is 0 Å². The maximum atomic E-state index is 8.59. The zero-order valence-corrected chi connectivity index (χ0v) is 11.8. The first-order valence-electron chi connectivity index (χ1n) is 7.67. The summed E-state index contributed by atoms with van der Waals surface area (Å²) in [5.74, 6) is 0. The molecule has 0 heterocycles. The number of hydrogen-bond donors (Lipinski definition) is 1. The molecule has 0 atom stereocenters. The van der Waals surface area contributed by atoms with Crippen LogP contribution < -0.4 is 0 Å². The SMILES string of the molecule is CCCCCCCCCCCCC=CCCO. The lowest BCUT2D eigenvalue weighted by atomic mass is 10.1. The molecule has 1 heteroatoms. The molecular weight excluding hydrogens is 208 g/mol. The van der Waals surface area contributed by atoms with Crippen molar-refractivity contribution in [2.24, 2.45) is 0 Å². The molecule has 17 heavy (non-hydrogen) atoms. The van der Waals surface area contributed by atoms with Crippen molar-refractivity contribution in [2.45, 2.75) is 84.0 Å². The summed E-state index contributed by atoms with van der Waals surface area (Å²) in [5, 5.41) is 8.59. The molecule has 0 saturated carbocycles. The summed E-state index contributed by atoms with van der Waals surface area (Å²) in [7, 11) is 0. The van der Waals surface area contributed by atoms with E-state index in [9.17, 15) is 0 Å². The second-order valence-electron chi connectivity index (χ2n) is 4.95. The van der Waals surface area contributed by atoms with Gasteiger partial charge in [-0.2, -0.15) is 0 Å². The molecule has 0 spiro atoms. The van der Waals surface area contributed by atoms with Crippen LogP contribution in [0.5, 0.6) is 0 Å². The monoisotopic (exact) mass is 240 g/mol. The van der Waals surface area contributed by atoms with E-state index in [4.69, 9.17) is 5.11 Å². The van der Waals surface area contributed by atoms with Crippen molar-refractivity contribution < 1.29 is 5.11 Å². The van der Waals surface area contributed by atoms with Crippen LogP contribution in [-0.2, 0) is 0 Å². The van der Waals surface area contributed by atoms with Crippen LogP contribution in [0.4, 0.5) is 0 Å². The van der Waals surface area contributed by atoms with Crippen LogP contribution >= 0.6 is 0 Å². The number of aliphatic hydroxyl groups is 1. The molecule has 0 amide bonds. The predicted octanol–water partition coefficient (Wildman–Crippen LogP) is 5.24. The predicted molar refractivity (Wildman–Crippen MR) is 77.3 cm³/mol. The van der Waals surface area contributed by atoms with E-state index in [1.165, 1.54) is 70.6 Å².